The van der Waals surface area contributed by atoms with Gasteiger partial charge in [-0.25, -0.2) is 0 Å². The SMILES string of the molecule is FC(F)(F)Oc1ccc(CBr)c(Cl)c1. The van der Waals surface area contributed by atoms with Crippen LogP contribution in [0.15, 0.2) is 18.2 Å². The standard InChI is InChI=1S/C8H5BrClF3O/c9-4-5-1-2-6(3-7(5)10)14-8(11,12)13/h1-3H,4H2. The molecule has 0 spiro atoms. The molecule has 0 aliphatic heterocycles. The zero-order chi connectivity index (χ0) is 10.8. The molecule has 1 aromatic rings. The van der Waals surface area contributed by atoms with E-state index in [4.69, 9.17) is 11.6 Å². The van der Waals surface area contributed by atoms with E-state index in [1.54, 1.807) is 0 Å². The fourth-order valence-electron chi connectivity index (χ4n) is 0.834. The summed E-state index contributed by atoms with van der Waals surface area (Å²) in [6.45, 7) is 0. The summed E-state index contributed by atoms with van der Waals surface area (Å²) in [6, 6.07) is 3.82. The largest absolute Gasteiger partial charge is 0.573 e. The van der Waals surface area contributed by atoms with Crippen molar-refractivity contribution in [1.29, 1.82) is 0 Å². The third kappa shape index (κ3) is 3.38. The van der Waals surface area contributed by atoms with Crippen molar-refractivity contribution in [1.82, 2.24) is 0 Å². The van der Waals surface area contributed by atoms with E-state index in [0.717, 1.165) is 6.07 Å². The lowest BCUT2D eigenvalue weighted by Gasteiger charge is -2.09. The first-order valence-corrected chi connectivity index (χ1v) is 5.02. The first kappa shape index (κ1) is 11.7. The maximum atomic E-state index is 11.8. The van der Waals surface area contributed by atoms with Crippen LogP contribution >= 0.6 is 27.5 Å². The molecule has 78 valence electrons. The minimum atomic E-state index is -4.68. The van der Waals surface area contributed by atoms with Gasteiger partial charge in [0.15, 0.2) is 0 Å². The highest BCUT2D eigenvalue weighted by atomic mass is 79.9. The van der Waals surface area contributed by atoms with Gasteiger partial charge >= 0.3 is 6.36 Å². The van der Waals surface area contributed by atoms with Crippen LogP contribution in [-0.2, 0) is 5.33 Å². The van der Waals surface area contributed by atoms with E-state index in [-0.39, 0.29) is 10.8 Å². The molecule has 0 N–H and O–H groups in total. The van der Waals surface area contributed by atoms with E-state index < -0.39 is 6.36 Å². The Hall–Kier alpha value is -0.420. The van der Waals surface area contributed by atoms with Gasteiger partial charge in [-0.3, -0.25) is 0 Å². The van der Waals surface area contributed by atoms with Crippen LogP contribution in [0.4, 0.5) is 13.2 Å². The Morgan fingerprint density at radius 3 is 2.43 bits per heavy atom. The van der Waals surface area contributed by atoms with Crippen LogP contribution < -0.4 is 4.74 Å². The highest BCUT2D eigenvalue weighted by Crippen LogP contribution is 2.28. The molecule has 0 atom stereocenters. The van der Waals surface area contributed by atoms with Crippen molar-refractivity contribution in [2.75, 3.05) is 0 Å². The number of ether oxygens (including phenoxy) is 1. The smallest absolute Gasteiger partial charge is 0.406 e. The summed E-state index contributed by atoms with van der Waals surface area (Å²) in [5, 5.41) is 0.724. The van der Waals surface area contributed by atoms with Crippen molar-refractivity contribution in [3.8, 4) is 5.75 Å². The Labute approximate surface area is 91.9 Å². The predicted molar refractivity (Wildman–Crippen MR) is 50.8 cm³/mol. The van der Waals surface area contributed by atoms with Crippen molar-refractivity contribution in [2.24, 2.45) is 0 Å². The molecule has 0 aliphatic rings. The highest BCUT2D eigenvalue weighted by Gasteiger charge is 2.31. The molecule has 6 heteroatoms. The maximum absolute atomic E-state index is 11.8. The van der Waals surface area contributed by atoms with Crippen LogP contribution in [0.25, 0.3) is 0 Å². The number of halogens is 5. The Morgan fingerprint density at radius 1 is 1.36 bits per heavy atom. The van der Waals surface area contributed by atoms with Crippen molar-refractivity contribution in [2.45, 2.75) is 11.7 Å². The number of benzene rings is 1. The predicted octanol–water partition coefficient (Wildman–Crippen LogP) is 4.13. The lowest BCUT2D eigenvalue weighted by atomic mass is 10.2. The third-order valence-electron chi connectivity index (χ3n) is 1.40. The Morgan fingerprint density at radius 2 is 2.00 bits per heavy atom. The van der Waals surface area contributed by atoms with Crippen molar-refractivity contribution in [3.05, 3.63) is 28.8 Å². The first-order chi connectivity index (χ1) is 6.42. The average molecular weight is 289 g/mol. The van der Waals surface area contributed by atoms with Gasteiger partial charge in [0, 0.05) is 10.4 Å². The van der Waals surface area contributed by atoms with Crippen LogP contribution in [0.5, 0.6) is 5.75 Å². The quantitative estimate of drug-likeness (QED) is 0.744. The van der Waals surface area contributed by atoms with Crippen molar-refractivity contribution >= 4 is 27.5 Å². The minimum Gasteiger partial charge on any atom is -0.406 e. The number of rotatable bonds is 2. The average Bonchev–Trinajstić information content (AvgIpc) is 2.01. The van der Waals surface area contributed by atoms with Crippen molar-refractivity contribution in [3.63, 3.8) is 0 Å². The molecule has 0 amide bonds. The molecule has 14 heavy (non-hydrogen) atoms. The monoisotopic (exact) mass is 288 g/mol. The fraction of sp³-hybridized carbons (Fsp3) is 0.250. The normalized spacial score (nSPS) is 11.5. The van der Waals surface area contributed by atoms with Gasteiger partial charge in [-0.2, -0.15) is 0 Å². The zero-order valence-corrected chi connectivity index (χ0v) is 9.08. The fourth-order valence-corrected chi connectivity index (χ4v) is 1.72. The Bertz CT molecular complexity index is 327. The van der Waals surface area contributed by atoms with Crippen LogP contribution in [-0.4, -0.2) is 6.36 Å². The second kappa shape index (κ2) is 4.40. The Kier molecular flexibility index (Phi) is 3.66. The number of hydrogen-bond donors (Lipinski definition) is 0. The van der Waals surface area contributed by atoms with Gasteiger partial charge in [0.1, 0.15) is 5.75 Å². The summed E-state index contributed by atoms with van der Waals surface area (Å²) < 4.78 is 39.0. The van der Waals surface area contributed by atoms with Gasteiger partial charge in [0.25, 0.3) is 0 Å². The van der Waals surface area contributed by atoms with E-state index in [1.807, 2.05) is 0 Å². The molecule has 0 unspecified atom stereocenters. The van der Waals surface area contributed by atoms with E-state index in [2.05, 4.69) is 20.7 Å². The van der Waals surface area contributed by atoms with Crippen LogP contribution in [0.2, 0.25) is 5.02 Å². The van der Waals surface area contributed by atoms with Gasteiger partial charge < -0.3 is 4.74 Å². The summed E-state index contributed by atoms with van der Waals surface area (Å²) in [6.07, 6.45) is -4.68. The molecule has 0 bridgehead atoms. The molecule has 0 radical (unpaired) electrons. The molecule has 0 heterocycles. The summed E-state index contributed by atoms with van der Waals surface area (Å²) >= 11 is 8.83. The first-order valence-electron chi connectivity index (χ1n) is 3.52. The molecule has 0 aromatic heterocycles. The van der Waals surface area contributed by atoms with E-state index >= 15 is 0 Å². The third-order valence-corrected chi connectivity index (χ3v) is 2.36. The topological polar surface area (TPSA) is 9.23 Å². The number of hydrogen-bond acceptors (Lipinski definition) is 1. The second-order valence-electron chi connectivity index (χ2n) is 2.43. The van der Waals surface area contributed by atoms with Crippen molar-refractivity contribution < 1.29 is 17.9 Å². The summed E-state index contributed by atoms with van der Waals surface area (Å²) in [5.41, 5.74) is 0.709. The van der Waals surface area contributed by atoms with E-state index in [9.17, 15) is 13.2 Å². The summed E-state index contributed by atoms with van der Waals surface area (Å²) in [5.74, 6) is -0.313. The van der Waals surface area contributed by atoms with E-state index in [1.165, 1.54) is 12.1 Å². The van der Waals surface area contributed by atoms with Crippen LogP contribution in [0, 0.1) is 0 Å². The number of alkyl halides is 4. The van der Waals surface area contributed by atoms with Crippen LogP contribution in [0.1, 0.15) is 5.56 Å². The molecule has 1 rings (SSSR count). The van der Waals surface area contributed by atoms with Crippen LogP contribution in [0.3, 0.4) is 0 Å². The lowest BCUT2D eigenvalue weighted by molar-refractivity contribution is -0.274. The lowest BCUT2D eigenvalue weighted by Crippen LogP contribution is -2.17. The van der Waals surface area contributed by atoms with E-state index in [0.29, 0.717) is 10.9 Å². The summed E-state index contributed by atoms with van der Waals surface area (Å²) in [7, 11) is 0. The van der Waals surface area contributed by atoms with Gasteiger partial charge in [0.05, 0.1) is 0 Å². The summed E-state index contributed by atoms with van der Waals surface area (Å²) in [4.78, 5) is 0. The van der Waals surface area contributed by atoms with Gasteiger partial charge in [-0.1, -0.05) is 33.6 Å². The minimum absolute atomic E-state index is 0.239. The van der Waals surface area contributed by atoms with Gasteiger partial charge in [0.2, 0.25) is 0 Å². The van der Waals surface area contributed by atoms with Gasteiger partial charge in [-0.15, -0.1) is 13.2 Å². The van der Waals surface area contributed by atoms with Gasteiger partial charge in [-0.05, 0) is 17.7 Å². The molecule has 0 saturated heterocycles. The maximum Gasteiger partial charge on any atom is 0.573 e. The highest BCUT2D eigenvalue weighted by molar-refractivity contribution is 9.08. The second-order valence-corrected chi connectivity index (χ2v) is 3.40. The molecule has 0 aliphatic carbocycles. The molecule has 1 aromatic carbocycles. The zero-order valence-electron chi connectivity index (χ0n) is 6.74. The molecular weight excluding hydrogens is 284 g/mol. The Balaban J connectivity index is 2.87. The molecule has 0 saturated carbocycles. The molecule has 0 fully saturated rings. The molecule has 1 nitrogen and oxygen atoms in total. The molecular formula is C8H5BrClF3O.